The van der Waals surface area contributed by atoms with E-state index in [9.17, 15) is 9.59 Å². The highest BCUT2D eigenvalue weighted by Gasteiger charge is 2.14. The molecule has 1 amide bonds. The first-order valence-electron chi connectivity index (χ1n) is 5.52. The van der Waals surface area contributed by atoms with E-state index in [0.29, 0.717) is 18.2 Å². The van der Waals surface area contributed by atoms with E-state index >= 15 is 0 Å². The highest BCUT2D eigenvalue weighted by molar-refractivity contribution is 5.91. The van der Waals surface area contributed by atoms with E-state index in [2.05, 4.69) is 20.6 Å². The average molecular weight is 224 g/mol. The molecule has 16 heavy (non-hydrogen) atoms. The van der Waals surface area contributed by atoms with Crippen molar-refractivity contribution in [3.63, 3.8) is 0 Å². The zero-order valence-corrected chi connectivity index (χ0v) is 9.01. The first-order chi connectivity index (χ1) is 7.75. The molecule has 88 valence electrons. The second kappa shape index (κ2) is 4.98. The lowest BCUT2D eigenvalue weighted by atomic mass is 9.98. The highest BCUT2D eigenvalue weighted by atomic mass is 16.2. The van der Waals surface area contributed by atoms with Gasteiger partial charge in [0.15, 0.2) is 0 Å². The SMILES string of the molecule is O=C(NCC1CCNCC1)c1c[nH]c(=O)[nH]1. The minimum absolute atomic E-state index is 0.225. The van der Waals surface area contributed by atoms with E-state index < -0.39 is 0 Å². The number of aromatic amines is 2. The molecule has 0 radical (unpaired) electrons. The van der Waals surface area contributed by atoms with Crippen molar-refractivity contribution < 1.29 is 4.79 Å². The van der Waals surface area contributed by atoms with Crippen LogP contribution in [0.2, 0.25) is 0 Å². The summed E-state index contributed by atoms with van der Waals surface area (Å²) in [6.45, 7) is 2.71. The fourth-order valence-electron chi connectivity index (χ4n) is 1.87. The fourth-order valence-corrected chi connectivity index (χ4v) is 1.87. The Morgan fingerprint density at radius 1 is 1.44 bits per heavy atom. The third-order valence-corrected chi connectivity index (χ3v) is 2.85. The summed E-state index contributed by atoms with van der Waals surface area (Å²) in [5.41, 5.74) is -0.0639. The zero-order valence-electron chi connectivity index (χ0n) is 9.01. The van der Waals surface area contributed by atoms with Gasteiger partial charge in [0.2, 0.25) is 0 Å². The van der Waals surface area contributed by atoms with Gasteiger partial charge in [-0.25, -0.2) is 4.79 Å². The van der Waals surface area contributed by atoms with Crippen LogP contribution in [0.25, 0.3) is 0 Å². The van der Waals surface area contributed by atoms with Crippen molar-refractivity contribution in [3.8, 4) is 0 Å². The van der Waals surface area contributed by atoms with Crippen LogP contribution in [-0.2, 0) is 0 Å². The maximum Gasteiger partial charge on any atom is 0.323 e. The second-order valence-corrected chi connectivity index (χ2v) is 4.06. The maximum atomic E-state index is 11.6. The molecule has 1 aromatic heterocycles. The van der Waals surface area contributed by atoms with Crippen LogP contribution >= 0.6 is 0 Å². The van der Waals surface area contributed by atoms with Gasteiger partial charge in [0.05, 0.1) is 0 Å². The summed E-state index contributed by atoms with van der Waals surface area (Å²) < 4.78 is 0. The number of carbonyl (C=O) groups excluding carboxylic acids is 1. The predicted octanol–water partition coefficient (Wildman–Crippen LogP) is -0.568. The Labute approximate surface area is 92.8 Å². The van der Waals surface area contributed by atoms with E-state index in [1.165, 1.54) is 6.20 Å². The van der Waals surface area contributed by atoms with E-state index in [4.69, 9.17) is 0 Å². The van der Waals surface area contributed by atoms with Gasteiger partial charge in [-0.2, -0.15) is 0 Å². The fraction of sp³-hybridized carbons (Fsp3) is 0.600. The maximum absolute atomic E-state index is 11.6. The molecule has 0 atom stereocenters. The summed E-state index contributed by atoms with van der Waals surface area (Å²) in [4.78, 5) is 27.2. The molecule has 2 rings (SSSR count). The summed E-state index contributed by atoms with van der Waals surface area (Å²) >= 11 is 0. The van der Waals surface area contributed by atoms with Crippen LogP contribution in [0.1, 0.15) is 23.3 Å². The van der Waals surface area contributed by atoms with Crippen LogP contribution in [0.15, 0.2) is 11.0 Å². The molecular weight excluding hydrogens is 208 g/mol. The first kappa shape index (κ1) is 10.9. The Morgan fingerprint density at radius 3 is 2.81 bits per heavy atom. The molecule has 1 aliphatic rings. The van der Waals surface area contributed by atoms with E-state index in [1.54, 1.807) is 0 Å². The number of imidazole rings is 1. The van der Waals surface area contributed by atoms with Crippen molar-refractivity contribution in [1.82, 2.24) is 20.6 Å². The van der Waals surface area contributed by atoms with Crippen molar-refractivity contribution in [2.45, 2.75) is 12.8 Å². The van der Waals surface area contributed by atoms with Gasteiger partial charge < -0.3 is 20.6 Å². The number of carbonyl (C=O) groups is 1. The minimum Gasteiger partial charge on any atom is -0.350 e. The van der Waals surface area contributed by atoms with E-state index in [-0.39, 0.29) is 11.6 Å². The van der Waals surface area contributed by atoms with Crippen LogP contribution in [0.5, 0.6) is 0 Å². The van der Waals surface area contributed by atoms with Crippen molar-refractivity contribution in [1.29, 1.82) is 0 Å². The van der Waals surface area contributed by atoms with Gasteiger partial charge in [0, 0.05) is 12.7 Å². The number of hydrogen-bond donors (Lipinski definition) is 4. The average Bonchev–Trinajstić information content (AvgIpc) is 2.74. The molecule has 0 saturated carbocycles. The standard InChI is InChI=1S/C10H16N4O2/c15-9(8-6-13-10(16)14-8)12-5-7-1-3-11-4-2-7/h6-7,11H,1-5H2,(H,12,15)(H2,13,14,16). The quantitative estimate of drug-likeness (QED) is 0.554. The summed E-state index contributed by atoms with van der Waals surface area (Å²) in [7, 11) is 0. The third-order valence-electron chi connectivity index (χ3n) is 2.85. The van der Waals surface area contributed by atoms with Crippen LogP contribution in [-0.4, -0.2) is 35.5 Å². The number of amides is 1. The Hall–Kier alpha value is -1.56. The van der Waals surface area contributed by atoms with Gasteiger partial charge in [0.25, 0.3) is 5.91 Å². The Morgan fingerprint density at radius 2 is 2.19 bits per heavy atom. The van der Waals surface area contributed by atoms with Crippen molar-refractivity contribution in [2.75, 3.05) is 19.6 Å². The summed E-state index contributed by atoms with van der Waals surface area (Å²) in [5, 5.41) is 6.10. The monoisotopic (exact) mass is 224 g/mol. The van der Waals surface area contributed by atoms with Gasteiger partial charge in [-0.1, -0.05) is 0 Å². The molecule has 1 saturated heterocycles. The largest absolute Gasteiger partial charge is 0.350 e. The van der Waals surface area contributed by atoms with Crippen LogP contribution in [0.4, 0.5) is 0 Å². The van der Waals surface area contributed by atoms with Crippen LogP contribution < -0.4 is 16.3 Å². The molecule has 1 aliphatic heterocycles. The molecule has 4 N–H and O–H groups in total. The lowest BCUT2D eigenvalue weighted by Crippen LogP contribution is -2.36. The van der Waals surface area contributed by atoms with E-state index in [1.807, 2.05) is 0 Å². The molecule has 6 heteroatoms. The zero-order chi connectivity index (χ0) is 11.4. The number of aromatic nitrogens is 2. The minimum atomic E-state index is -0.355. The van der Waals surface area contributed by atoms with Crippen molar-refractivity contribution in [2.24, 2.45) is 5.92 Å². The third kappa shape index (κ3) is 2.73. The molecule has 0 spiro atoms. The van der Waals surface area contributed by atoms with Gasteiger partial charge in [0.1, 0.15) is 5.69 Å². The number of nitrogens with one attached hydrogen (secondary N) is 4. The molecule has 1 aromatic rings. The lowest BCUT2D eigenvalue weighted by molar-refractivity contribution is 0.0939. The number of piperidine rings is 1. The van der Waals surface area contributed by atoms with Gasteiger partial charge in [-0.3, -0.25) is 4.79 Å². The second-order valence-electron chi connectivity index (χ2n) is 4.06. The summed E-state index contributed by atoms with van der Waals surface area (Å²) in [6, 6.07) is 0. The molecule has 2 heterocycles. The lowest BCUT2D eigenvalue weighted by Gasteiger charge is -2.22. The Kier molecular flexibility index (Phi) is 3.40. The van der Waals surface area contributed by atoms with E-state index in [0.717, 1.165) is 25.9 Å². The topological polar surface area (TPSA) is 89.8 Å². The molecule has 0 bridgehead atoms. The highest BCUT2D eigenvalue weighted by Crippen LogP contribution is 2.09. The summed E-state index contributed by atoms with van der Waals surface area (Å²) in [6.07, 6.45) is 3.56. The van der Waals surface area contributed by atoms with Crippen molar-refractivity contribution >= 4 is 5.91 Å². The molecule has 6 nitrogen and oxygen atoms in total. The van der Waals surface area contributed by atoms with Gasteiger partial charge in [-0.05, 0) is 31.8 Å². The van der Waals surface area contributed by atoms with Gasteiger partial charge >= 0.3 is 5.69 Å². The van der Waals surface area contributed by atoms with Crippen LogP contribution in [0.3, 0.4) is 0 Å². The Bertz CT molecular complexity index is 403. The van der Waals surface area contributed by atoms with Gasteiger partial charge in [-0.15, -0.1) is 0 Å². The Balaban J connectivity index is 1.81. The first-order valence-corrected chi connectivity index (χ1v) is 5.52. The molecule has 0 aliphatic carbocycles. The van der Waals surface area contributed by atoms with Crippen LogP contribution in [0, 0.1) is 5.92 Å². The number of hydrogen-bond acceptors (Lipinski definition) is 3. The van der Waals surface area contributed by atoms with Crippen molar-refractivity contribution in [3.05, 3.63) is 22.4 Å². The number of H-pyrrole nitrogens is 2. The smallest absolute Gasteiger partial charge is 0.323 e. The number of rotatable bonds is 3. The predicted molar refractivity (Wildman–Crippen MR) is 59.3 cm³/mol. The normalized spacial score (nSPS) is 17.2. The molecule has 0 aromatic carbocycles. The molecule has 1 fully saturated rings. The molecular formula is C10H16N4O2. The molecule has 0 unspecified atom stereocenters. The summed E-state index contributed by atoms with van der Waals surface area (Å²) in [5.74, 6) is 0.313.